The van der Waals surface area contributed by atoms with Crippen LogP contribution in [-0.2, 0) is 4.79 Å². The number of aryl methyl sites for hydroxylation is 1. The van der Waals surface area contributed by atoms with E-state index in [0.29, 0.717) is 5.56 Å². The van der Waals surface area contributed by atoms with Crippen LogP contribution in [-0.4, -0.2) is 16.9 Å². The molecule has 0 aromatic heterocycles. The Kier molecular flexibility index (Phi) is 4.46. The first-order valence-electron chi connectivity index (χ1n) is 5.37. The van der Waals surface area contributed by atoms with Crippen LogP contribution in [0.15, 0.2) is 22.7 Å². The van der Waals surface area contributed by atoms with Gasteiger partial charge < -0.3 is 5.11 Å². The van der Waals surface area contributed by atoms with E-state index >= 15 is 0 Å². The Morgan fingerprint density at radius 1 is 1.24 bits per heavy atom. The van der Waals surface area contributed by atoms with Crippen LogP contribution in [0.2, 0.25) is 0 Å². The minimum Gasteiger partial charge on any atom is -0.481 e. The molecule has 1 aromatic carbocycles. The monoisotopic (exact) mass is 298 g/mol. The fourth-order valence-electron chi connectivity index (χ4n) is 1.45. The number of hydrogen-bond acceptors (Lipinski definition) is 2. The molecule has 92 valence electrons. The zero-order valence-electron chi connectivity index (χ0n) is 10.0. The number of benzene rings is 1. The lowest BCUT2D eigenvalue weighted by molar-refractivity contribution is -0.142. The molecule has 0 heterocycles. The van der Waals surface area contributed by atoms with Gasteiger partial charge in [0, 0.05) is 16.0 Å². The predicted octanol–water partition coefficient (Wildman–Crippen LogP) is 3.30. The maximum atomic E-state index is 12.1. The number of Topliss-reactive ketones (excluding diaryl/α,β-unsaturated/α-hetero) is 1. The molecule has 0 saturated heterocycles. The van der Waals surface area contributed by atoms with E-state index in [1.807, 2.05) is 13.0 Å². The molecule has 1 N–H and O–H groups in total. The van der Waals surface area contributed by atoms with Gasteiger partial charge in [-0.15, -0.1) is 0 Å². The van der Waals surface area contributed by atoms with E-state index in [0.717, 1.165) is 10.0 Å². The van der Waals surface area contributed by atoms with E-state index in [9.17, 15) is 9.59 Å². The van der Waals surface area contributed by atoms with Crippen molar-refractivity contribution in [2.75, 3.05) is 0 Å². The standard InChI is InChI=1S/C13H15BrO3/c1-7-4-5-10(6-11(7)14)12(15)8(2)9(3)13(16)17/h4-6,8-9H,1-3H3,(H,16,17). The predicted molar refractivity (Wildman–Crippen MR) is 69.2 cm³/mol. The van der Waals surface area contributed by atoms with E-state index in [4.69, 9.17) is 5.11 Å². The van der Waals surface area contributed by atoms with Crippen molar-refractivity contribution in [1.29, 1.82) is 0 Å². The van der Waals surface area contributed by atoms with Gasteiger partial charge in [-0.25, -0.2) is 0 Å². The molecule has 0 bridgehead atoms. The number of rotatable bonds is 4. The Labute approximate surface area is 109 Å². The number of carbonyl (C=O) groups is 2. The van der Waals surface area contributed by atoms with Gasteiger partial charge in [-0.2, -0.15) is 0 Å². The Bertz CT molecular complexity index is 454. The number of hydrogen-bond donors (Lipinski definition) is 1. The van der Waals surface area contributed by atoms with Crippen molar-refractivity contribution in [1.82, 2.24) is 0 Å². The average Bonchev–Trinajstić information content (AvgIpc) is 2.29. The molecule has 2 unspecified atom stereocenters. The Morgan fingerprint density at radius 2 is 1.82 bits per heavy atom. The minimum absolute atomic E-state index is 0.138. The Hall–Kier alpha value is -1.16. The van der Waals surface area contributed by atoms with E-state index in [1.54, 1.807) is 26.0 Å². The average molecular weight is 299 g/mol. The summed E-state index contributed by atoms with van der Waals surface area (Å²) >= 11 is 3.36. The molecule has 3 nitrogen and oxygen atoms in total. The second-order valence-corrected chi connectivity index (χ2v) is 5.10. The van der Waals surface area contributed by atoms with E-state index in [2.05, 4.69) is 15.9 Å². The zero-order chi connectivity index (χ0) is 13.2. The summed E-state index contributed by atoms with van der Waals surface area (Å²) in [5.41, 5.74) is 1.59. The fraction of sp³-hybridized carbons (Fsp3) is 0.385. The molecule has 0 aliphatic rings. The first-order valence-corrected chi connectivity index (χ1v) is 6.17. The van der Waals surface area contributed by atoms with Crippen molar-refractivity contribution < 1.29 is 14.7 Å². The van der Waals surface area contributed by atoms with Gasteiger partial charge in [-0.05, 0) is 18.6 Å². The molecular weight excluding hydrogens is 284 g/mol. The van der Waals surface area contributed by atoms with Gasteiger partial charge in [0.2, 0.25) is 0 Å². The fourth-order valence-corrected chi connectivity index (χ4v) is 1.83. The molecule has 17 heavy (non-hydrogen) atoms. The summed E-state index contributed by atoms with van der Waals surface area (Å²) in [5.74, 6) is -2.29. The lowest BCUT2D eigenvalue weighted by Gasteiger charge is -2.15. The number of halogens is 1. The van der Waals surface area contributed by atoms with Crippen molar-refractivity contribution in [2.24, 2.45) is 11.8 Å². The number of carboxylic acids is 1. The highest BCUT2D eigenvalue weighted by molar-refractivity contribution is 9.10. The molecule has 1 aromatic rings. The summed E-state index contributed by atoms with van der Waals surface area (Å²) in [7, 11) is 0. The van der Waals surface area contributed by atoms with Crippen molar-refractivity contribution >= 4 is 27.7 Å². The van der Waals surface area contributed by atoms with Crippen LogP contribution in [0.4, 0.5) is 0 Å². The number of carbonyl (C=O) groups excluding carboxylic acids is 1. The smallest absolute Gasteiger partial charge is 0.306 e. The maximum absolute atomic E-state index is 12.1. The zero-order valence-corrected chi connectivity index (χ0v) is 11.6. The SMILES string of the molecule is Cc1ccc(C(=O)C(C)C(C)C(=O)O)cc1Br. The summed E-state index contributed by atoms with van der Waals surface area (Å²) in [4.78, 5) is 22.9. The summed E-state index contributed by atoms with van der Waals surface area (Å²) in [6, 6.07) is 5.31. The molecule has 0 saturated carbocycles. The quantitative estimate of drug-likeness (QED) is 0.868. The summed E-state index contributed by atoms with van der Waals surface area (Å²) in [6.07, 6.45) is 0. The van der Waals surface area contributed by atoms with Crippen LogP contribution in [0.25, 0.3) is 0 Å². The van der Waals surface area contributed by atoms with Crippen molar-refractivity contribution in [2.45, 2.75) is 20.8 Å². The van der Waals surface area contributed by atoms with Crippen LogP contribution < -0.4 is 0 Å². The highest BCUT2D eigenvalue weighted by Gasteiger charge is 2.26. The van der Waals surface area contributed by atoms with Crippen molar-refractivity contribution in [3.05, 3.63) is 33.8 Å². The first kappa shape index (κ1) is 13.9. The van der Waals surface area contributed by atoms with Gasteiger partial charge in [-0.1, -0.05) is 41.9 Å². The van der Waals surface area contributed by atoms with Crippen LogP contribution in [0, 0.1) is 18.8 Å². The molecule has 0 fully saturated rings. The normalized spacial score (nSPS) is 14.1. The van der Waals surface area contributed by atoms with Crippen LogP contribution in [0.1, 0.15) is 29.8 Å². The molecule has 0 amide bonds. The van der Waals surface area contributed by atoms with Gasteiger partial charge in [0.1, 0.15) is 0 Å². The van der Waals surface area contributed by atoms with Crippen LogP contribution in [0.3, 0.4) is 0 Å². The van der Waals surface area contributed by atoms with Crippen molar-refractivity contribution in [3.63, 3.8) is 0 Å². The minimum atomic E-state index is -0.947. The molecule has 0 radical (unpaired) electrons. The number of aliphatic carboxylic acids is 1. The summed E-state index contributed by atoms with van der Waals surface area (Å²) in [6.45, 7) is 5.13. The van der Waals surface area contributed by atoms with Gasteiger partial charge in [0.25, 0.3) is 0 Å². The van der Waals surface area contributed by atoms with Gasteiger partial charge >= 0.3 is 5.97 Å². The van der Waals surface area contributed by atoms with E-state index in [-0.39, 0.29) is 5.78 Å². The second-order valence-electron chi connectivity index (χ2n) is 4.24. The third-order valence-electron chi connectivity index (χ3n) is 3.01. The molecule has 0 aliphatic heterocycles. The largest absolute Gasteiger partial charge is 0.481 e. The summed E-state index contributed by atoms with van der Waals surface area (Å²) in [5, 5.41) is 8.89. The van der Waals surface area contributed by atoms with E-state index in [1.165, 1.54) is 0 Å². The maximum Gasteiger partial charge on any atom is 0.306 e. The highest BCUT2D eigenvalue weighted by atomic mass is 79.9. The third-order valence-corrected chi connectivity index (χ3v) is 3.86. The highest BCUT2D eigenvalue weighted by Crippen LogP contribution is 2.22. The first-order chi connectivity index (χ1) is 7.84. The lowest BCUT2D eigenvalue weighted by atomic mass is 9.88. The van der Waals surface area contributed by atoms with Gasteiger partial charge in [-0.3, -0.25) is 9.59 Å². The second kappa shape index (κ2) is 5.45. The van der Waals surface area contributed by atoms with Crippen LogP contribution >= 0.6 is 15.9 Å². The Morgan fingerprint density at radius 3 is 2.29 bits per heavy atom. The molecular formula is C13H15BrO3. The lowest BCUT2D eigenvalue weighted by Crippen LogP contribution is -2.25. The number of carboxylic acid groups (broad SMARTS) is 1. The van der Waals surface area contributed by atoms with Crippen molar-refractivity contribution in [3.8, 4) is 0 Å². The third kappa shape index (κ3) is 3.16. The molecule has 4 heteroatoms. The Balaban J connectivity index is 2.96. The van der Waals surface area contributed by atoms with Gasteiger partial charge in [0.15, 0.2) is 5.78 Å². The molecule has 1 rings (SSSR count). The molecule has 2 atom stereocenters. The van der Waals surface area contributed by atoms with Crippen LogP contribution in [0.5, 0.6) is 0 Å². The van der Waals surface area contributed by atoms with Gasteiger partial charge in [0.05, 0.1) is 5.92 Å². The summed E-state index contributed by atoms with van der Waals surface area (Å²) < 4.78 is 0.860. The molecule has 0 aliphatic carbocycles. The molecule has 0 spiro atoms. The number of ketones is 1. The van der Waals surface area contributed by atoms with E-state index < -0.39 is 17.8 Å². The topological polar surface area (TPSA) is 54.4 Å².